The fraction of sp³-hybridized carbons (Fsp3) is 0.550. The van der Waals surface area contributed by atoms with Crippen molar-refractivity contribution >= 4 is 29.1 Å². The van der Waals surface area contributed by atoms with Crippen LogP contribution in [0.15, 0.2) is 27.3 Å². The summed E-state index contributed by atoms with van der Waals surface area (Å²) in [7, 11) is 0. The first-order chi connectivity index (χ1) is 15.8. The molecule has 2 heterocycles. The molecule has 0 aliphatic carbocycles. The highest BCUT2D eigenvalue weighted by molar-refractivity contribution is 8.14. The third kappa shape index (κ3) is 7.57. The highest BCUT2D eigenvalue weighted by Crippen LogP contribution is 2.31. The zero-order valence-corrected chi connectivity index (χ0v) is 20.2. The molecule has 0 radical (unpaired) electrons. The molecule has 0 fully saturated rings. The second kappa shape index (κ2) is 11.1. The topological polar surface area (TPSA) is 178 Å². The molecule has 188 valence electrons. The van der Waals surface area contributed by atoms with Crippen molar-refractivity contribution in [1.29, 1.82) is 0 Å². The smallest absolute Gasteiger partial charge is 0.461 e. The first-order valence-corrected chi connectivity index (χ1v) is 10.8. The fourth-order valence-corrected chi connectivity index (χ4v) is 3.37. The lowest BCUT2D eigenvalue weighted by atomic mass is 10.0. The number of carbonyl (C=O) groups excluding carboxylic acids is 3. The zero-order valence-electron chi connectivity index (χ0n) is 19.4. The Kier molecular flexibility index (Phi) is 8.79. The van der Waals surface area contributed by atoms with E-state index in [0.717, 1.165) is 0 Å². The molecule has 34 heavy (non-hydrogen) atoms. The number of hydrogen-bond donors (Lipinski definition) is 1. The predicted molar refractivity (Wildman–Crippen MR) is 114 cm³/mol. The van der Waals surface area contributed by atoms with E-state index in [1.165, 1.54) is 27.7 Å². The molecule has 2 aromatic heterocycles. The number of esters is 1. The molecule has 1 atom stereocenters. The van der Waals surface area contributed by atoms with Crippen molar-refractivity contribution in [3.63, 3.8) is 0 Å². The van der Waals surface area contributed by atoms with Gasteiger partial charge in [-0.05, 0) is 53.3 Å². The summed E-state index contributed by atoms with van der Waals surface area (Å²) in [6, 6.07) is -1.34. The van der Waals surface area contributed by atoms with Crippen LogP contribution >= 0.6 is 11.8 Å². The Morgan fingerprint density at radius 3 is 1.85 bits per heavy atom. The van der Waals surface area contributed by atoms with Gasteiger partial charge in [0.05, 0.1) is 10.9 Å². The van der Waals surface area contributed by atoms with Crippen molar-refractivity contribution in [2.24, 2.45) is 0 Å². The predicted octanol–water partition coefficient (Wildman–Crippen LogP) is 2.79. The van der Waals surface area contributed by atoms with E-state index in [0.29, 0.717) is 11.8 Å². The summed E-state index contributed by atoms with van der Waals surface area (Å²) in [5.41, 5.74) is 0. The van der Waals surface area contributed by atoms with Crippen LogP contribution in [-0.2, 0) is 32.2 Å². The molecule has 0 aliphatic heterocycles. The van der Waals surface area contributed by atoms with Gasteiger partial charge in [0.1, 0.15) is 6.04 Å². The van der Waals surface area contributed by atoms with Crippen LogP contribution in [0.1, 0.15) is 50.7 Å². The van der Waals surface area contributed by atoms with Crippen LogP contribution in [0.2, 0.25) is 0 Å². The summed E-state index contributed by atoms with van der Waals surface area (Å²) in [4.78, 5) is 59.6. The molecule has 0 spiro atoms. The van der Waals surface area contributed by atoms with Crippen LogP contribution in [0.4, 0.5) is 9.59 Å². The third-order valence-electron chi connectivity index (χ3n) is 4.22. The maximum atomic E-state index is 12.7. The molecule has 1 N–H and O–H groups in total. The van der Waals surface area contributed by atoms with E-state index in [1.807, 2.05) is 0 Å². The largest absolute Gasteiger partial charge is 0.519 e. The van der Waals surface area contributed by atoms with Gasteiger partial charge in [0, 0.05) is 0 Å². The van der Waals surface area contributed by atoms with E-state index in [9.17, 15) is 24.0 Å². The molecule has 2 aromatic rings. The van der Waals surface area contributed by atoms with Gasteiger partial charge < -0.3 is 37.2 Å². The Labute approximate surface area is 197 Å². The number of thioether (sulfide) groups is 1. The Balaban J connectivity index is 2.06. The van der Waals surface area contributed by atoms with Crippen molar-refractivity contribution in [3.8, 4) is 0 Å². The molecule has 13 nitrogen and oxygen atoms in total. The summed E-state index contributed by atoms with van der Waals surface area (Å²) in [6.45, 7) is 8.37. The average molecular weight is 503 g/mol. The van der Waals surface area contributed by atoms with Crippen molar-refractivity contribution < 1.29 is 46.3 Å². The quantitative estimate of drug-likeness (QED) is 0.390. The zero-order chi connectivity index (χ0) is 25.6. The first kappa shape index (κ1) is 26.8. The minimum absolute atomic E-state index is 0.000129. The Hall–Kier alpha value is -3.42. The Bertz CT molecular complexity index is 1140. The second-order valence-corrected chi connectivity index (χ2v) is 9.34. The van der Waals surface area contributed by atoms with Crippen molar-refractivity contribution in [1.82, 2.24) is 5.32 Å². The van der Waals surface area contributed by atoms with Crippen molar-refractivity contribution in [3.05, 3.63) is 44.3 Å². The van der Waals surface area contributed by atoms with E-state index in [1.54, 1.807) is 13.8 Å². The van der Waals surface area contributed by atoms with Gasteiger partial charge in [-0.3, -0.25) is 0 Å². The van der Waals surface area contributed by atoms with Crippen LogP contribution in [0.3, 0.4) is 0 Å². The van der Waals surface area contributed by atoms with Gasteiger partial charge in [0.15, 0.2) is 36.3 Å². The molecule has 14 heteroatoms. The van der Waals surface area contributed by atoms with E-state index in [2.05, 4.69) is 14.2 Å². The number of amides is 1. The lowest BCUT2D eigenvalue weighted by Crippen LogP contribution is -2.54. The molecular weight excluding hydrogens is 478 g/mol. The molecule has 0 unspecified atom stereocenters. The van der Waals surface area contributed by atoms with Crippen LogP contribution in [0, 0.1) is 13.8 Å². The monoisotopic (exact) mass is 503 g/mol. The van der Waals surface area contributed by atoms with Gasteiger partial charge in [-0.15, -0.1) is 0 Å². The summed E-state index contributed by atoms with van der Waals surface area (Å²) >= 11 is 0.602. The van der Waals surface area contributed by atoms with Crippen molar-refractivity contribution in [2.45, 2.75) is 71.6 Å². The molecule has 0 saturated carbocycles. The highest BCUT2D eigenvalue weighted by Gasteiger charge is 2.41. The van der Waals surface area contributed by atoms with Gasteiger partial charge in [-0.1, -0.05) is 0 Å². The standard InChI is InChI=1S/C20H25NO12S/c1-9(2)29-15(22)14(21-16(23)27-7-12-10(3)30-17(24)32-12)20(5,6)34-19(26)28-8-13-11(4)31-18(25)33-13/h9,14H,7-8H2,1-6H3,(H,21,23)/t14-/m0/s1. The SMILES string of the molecule is Cc1oc(=O)oc1COC(=O)N[C@@H](C(=O)OC(C)C)C(C)(C)SC(=O)OCc1oc(=O)oc1C. The van der Waals surface area contributed by atoms with Crippen LogP contribution in [-0.4, -0.2) is 34.3 Å². The maximum Gasteiger partial charge on any atom is 0.519 e. The van der Waals surface area contributed by atoms with Gasteiger partial charge in [0.2, 0.25) is 0 Å². The lowest BCUT2D eigenvalue weighted by molar-refractivity contribution is -0.150. The second-order valence-electron chi connectivity index (χ2n) is 7.75. The average Bonchev–Trinajstić information content (AvgIpc) is 3.20. The number of hydrogen-bond acceptors (Lipinski definition) is 13. The van der Waals surface area contributed by atoms with E-state index in [-0.39, 0.29) is 29.6 Å². The lowest BCUT2D eigenvalue weighted by Gasteiger charge is -2.31. The van der Waals surface area contributed by atoms with Gasteiger partial charge >= 0.3 is 29.0 Å². The first-order valence-electron chi connectivity index (χ1n) is 9.97. The molecule has 2 rings (SSSR count). The summed E-state index contributed by atoms with van der Waals surface area (Å²) in [6.07, 6.45) is -1.54. The number of ether oxygens (including phenoxy) is 3. The molecule has 0 aromatic carbocycles. The van der Waals surface area contributed by atoms with Crippen molar-refractivity contribution in [2.75, 3.05) is 0 Å². The molecule has 0 bridgehead atoms. The van der Waals surface area contributed by atoms with Gasteiger partial charge in [-0.25, -0.2) is 24.0 Å². The molecular formula is C20H25NO12S. The third-order valence-corrected chi connectivity index (χ3v) is 5.26. The molecule has 0 aliphatic rings. The van der Waals surface area contributed by atoms with E-state index >= 15 is 0 Å². The number of rotatable bonds is 9. The highest BCUT2D eigenvalue weighted by atomic mass is 32.2. The minimum atomic E-state index is -1.34. The fourth-order valence-electron chi connectivity index (χ4n) is 2.55. The minimum Gasteiger partial charge on any atom is -0.461 e. The molecule has 0 saturated heterocycles. The van der Waals surface area contributed by atoms with Crippen LogP contribution < -0.4 is 17.0 Å². The number of aryl methyl sites for hydroxylation is 2. The van der Waals surface area contributed by atoms with E-state index in [4.69, 9.17) is 23.0 Å². The van der Waals surface area contributed by atoms with Gasteiger partial charge in [0.25, 0.3) is 0 Å². The summed E-state index contributed by atoms with van der Waals surface area (Å²) < 4.78 is 32.9. The summed E-state index contributed by atoms with van der Waals surface area (Å²) in [5.74, 6) is -2.36. The van der Waals surface area contributed by atoms with Crippen LogP contribution in [0.5, 0.6) is 0 Å². The van der Waals surface area contributed by atoms with E-state index < -0.39 is 52.5 Å². The Morgan fingerprint density at radius 2 is 1.41 bits per heavy atom. The normalized spacial score (nSPS) is 12.3. The summed E-state index contributed by atoms with van der Waals surface area (Å²) in [5, 5.41) is 1.54. The maximum absolute atomic E-state index is 12.7. The number of nitrogens with one attached hydrogen (secondary N) is 1. The number of alkyl carbamates (subject to hydrolysis) is 1. The van der Waals surface area contributed by atoms with Crippen LogP contribution in [0.25, 0.3) is 0 Å². The number of carbonyl (C=O) groups is 3. The molecule has 1 amide bonds. The Morgan fingerprint density at radius 1 is 0.912 bits per heavy atom. The van der Waals surface area contributed by atoms with Gasteiger partial charge in [-0.2, -0.15) is 0 Å².